The molecule has 0 fully saturated rings. The van der Waals surface area contributed by atoms with E-state index in [4.69, 9.17) is 27.9 Å². The number of hydrogen-bond donors (Lipinski definition) is 3. The van der Waals surface area contributed by atoms with Crippen molar-refractivity contribution in [2.24, 2.45) is 5.10 Å². The number of carbonyl (C=O) groups excluding carboxylic acids is 3. The Labute approximate surface area is 205 Å². The van der Waals surface area contributed by atoms with E-state index in [9.17, 15) is 14.4 Å². The van der Waals surface area contributed by atoms with Gasteiger partial charge in [-0.15, -0.1) is 0 Å². The zero-order valence-electron chi connectivity index (χ0n) is 17.8. The maximum Gasteiger partial charge on any atom is 0.329 e. The number of benzene rings is 3. The predicted octanol–water partition coefficient (Wildman–Crippen LogP) is 3.78. The van der Waals surface area contributed by atoms with E-state index >= 15 is 0 Å². The molecule has 0 saturated carbocycles. The molecule has 3 aromatic rings. The standard InChI is InChI=1S/C24H20Cl2N4O4/c25-18-10-6-11-19(22(18)26)29-21(31)15-34-20-12-5-4-9-17(20)14-28-30-24(33)23(32)27-13-16-7-2-1-3-8-16/h1-12,14H,13,15H2,(H,27,32)(H,29,31)(H,30,33)/b28-14-. The average molecular weight is 499 g/mol. The predicted molar refractivity (Wildman–Crippen MR) is 131 cm³/mol. The smallest absolute Gasteiger partial charge is 0.329 e. The summed E-state index contributed by atoms with van der Waals surface area (Å²) in [7, 11) is 0. The van der Waals surface area contributed by atoms with Crippen LogP contribution in [0.15, 0.2) is 77.9 Å². The first-order valence-electron chi connectivity index (χ1n) is 10.0. The number of rotatable bonds is 8. The molecule has 10 heteroatoms. The van der Waals surface area contributed by atoms with Crippen LogP contribution in [0.1, 0.15) is 11.1 Å². The molecule has 3 rings (SSSR count). The molecule has 0 saturated heterocycles. The molecule has 3 amide bonds. The van der Waals surface area contributed by atoms with Crippen molar-refractivity contribution in [3.05, 3.63) is 94.0 Å². The Kier molecular flexibility index (Phi) is 9.02. The lowest BCUT2D eigenvalue weighted by Crippen LogP contribution is -2.37. The van der Waals surface area contributed by atoms with Crippen LogP contribution in [0.3, 0.4) is 0 Å². The largest absolute Gasteiger partial charge is 0.483 e. The van der Waals surface area contributed by atoms with E-state index in [2.05, 4.69) is 21.2 Å². The normalized spacial score (nSPS) is 10.5. The van der Waals surface area contributed by atoms with E-state index in [1.165, 1.54) is 6.21 Å². The second kappa shape index (κ2) is 12.4. The molecule has 0 heterocycles. The third-order valence-electron chi connectivity index (χ3n) is 4.38. The molecule has 174 valence electrons. The number of nitrogens with zero attached hydrogens (tertiary/aromatic N) is 1. The molecule has 0 aliphatic rings. The number of hydrogen-bond acceptors (Lipinski definition) is 5. The number of para-hydroxylation sites is 1. The van der Waals surface area contributed by atoms with Gasteiger partial charge in [-0.2, -0.15) is 5.10 Å². The van der Waals surface area contributed by atoms with Gasteiger partial charge in [0.25, 0.3) is 5.91 Å². The van der Waals surface area contributed by atoms with Crippen LogP contribution < -0.4 is 20.8 Å². The van der Waals surface area contributed by atoms with Crippen molar-refractivity contribution in [1.82, 2.24) is 10.7 Å². The zero-order valence-corrected chi connectivity index (χ0v) is 19.3. The van der Waals surface area contributed by atoms with Crippen LogP contribution >= 0.6 is 23.2 Å². The summed E-state index contributed by atoms with van der Waals surface area (Å²) < 4.78 is 5.56. The van der Waals surface area contributed by atoms with E-state index in [-0.39, 0.29) is 18.2 Å². The minimum Gasteiger partial charge on any atom is -0.483 e. The summed E-state index contributed by atoms with van der Waals surface area (Å²) >= 11 is 12.0. The number of nitrogens with one attached hydrogen (secondary N) is 3. The number of halogens is 2. The molecule has 3 aromatic carbocycles. The van der Waals surface area contributed by atoms with Gasteiger partial charge < -0.3 is 15.4 Å². The van der Waals surface area contributed by atoms with E-state index in [0.717, 1.165) is 5.56 Å². The van der Waals surface area contributed by atoms with Crippen molar-refractivity contribution < 1.29 is 19.1 Å². The Balaban J connectivity index is 1.51. The fraction of sp³-hybridized carbons (Fsp3) is 0.0833. The lowest BCUT2D eigenvalue weighted by molar-refractivity contribution is -0.139. The van der Waals surface area contributed by atoms with Crippen molar-refractivity contribution in [3.8, 4) is 5.75 Å². The molecule has 3 N–H and O–H groups in total. The van der Waals surface area contributed by atoms with Crippen LogP contribution in [0.2, 0.25) is 10.0 Å². The number of ether oxygens (including phenoxy) is 1. The van der Waals surface area contributed by atoms with Gasteiger partial charge in [0.1, 0.15) is 5.75 Å². The van der Waals surface area contributed by atoms with E-state index < -0.39 is 17.7 Å². The average Bonchev–Trinajstić information content (AvgIpc) is 2.85. The first kappa shape index (κ1) is 24.8. The number of amides is 3. The molecule has 0 radical (unpaired) electrons. The minimum atomic E-state index is -0.914. The summed E-state index contributed by atoms with van der Waals surface area (Å²) in [5.74, 6) is -1.83. The van der Waals surface area contributed by atoms with E-state index in [1.54, 1.807) is 42.5 Å². The van der Waals surface area contributed by atoms with Crippen molar-refractivity contribution in [3.63, 3.8) is 0 Å². The molecular formula is C24H20Cl2N4O4. The molecule has 0 aliphatic heterocycles. The summed E-state index contributed by atoms with van der Waals surface area (Å²) in [6, 6.07) is 20.8. The summed E-state index contributed by atoms with van der Waals surface area (Å²) in [5.41, 5.74) is 3.87. The molecule has 0 aromatic heterocycles. The van der Waals surface area contributed by atoms with Gasteiger partial charge in [-0.25, -0.2) is 5.43 Å². The van der Waals surface area contributed by atoms with Gasteiger partial charge in [0.05, 0.1) is 21.9 Å². The first-order chi connectivity index (χ1) is 16.4. The molecular weight excluding hydrogens is 479 g/mol. The van der Waals surface area contributed by atoms with Crippen LogP contribution in [0.25, 0.3) is 0 Å². The highest BCUT2D eigenvalue weighted by Gasteiger charge is 2.13. The van der Waals surface area contributed by atoms with Gasteiger partial charge >= 0.3 is 11.8 Å². The van der Waals surface area contributed by atoms with Crippen LogP contribution in [-0.2, 0) is 20.9 Å². The quantitative estimate of drug-likeness (QED) is 0.249. The van der Waals surface area contributed by atoms with Crippen molar-refractivity contribution in [2.75, 3.05) is 11.9 Å². The Bertz CT molecular complexity index is 1200. The van der Waals surface area contributed by atoms with Crippen LogP contribution in [-0.4, -0.2) is 30.5 Å². The Hall–Kier alpha value is -3.88. The third kappa shape index (κ3) is 7.33. The monoisotopic (exact) mass is 498 g/mol. The van der Waals surface area contributed by atoms with Crippen molar-refractivity contribution >= 4 is 52.8 Å². The molecule has 0 unspecified atom stereocenters. The van der Waals surface area contributed by atoms with Crippen molar-refractivity contribution in [1.29, 1.82) is 0 Å². The molecule has 0 spiro atoms. The second-order valence-corrected chi connectivity index (χ2v) is 7.63. The van der Waals surface area contributed by atoms with Gasteiger partial charge in [-0.3, -0.25) is 14.4 Å². The molecule has 0 bridgehead atoms. The van der Waals surface area contributed by atoms with Crippen LogP contribution in [0.5, 0.6) is 5.75 Å². The molecule has 0 atom stereocenters. The number of hydrazone groups is 1. The Morgan fingerprint density at radius 2 is 1.62 bits per heavy atom. The van der Waals surface area contributed by atoms with Crippen LogP contribution in [0, 0.1) is 0 Å². The first-order valence-corrected chi connectivity index (χ1v) is 10.8. The third-order valence-corrected chi connectivity index (χ3v) is 5.19. The SMILES string of the molecule is O=C(COc1ccccc1/C=N\NC(=O)C(=O)NCc1ccccc1)Nc1cccc(Cl)c1Cl. The number of anilines is 1. The molecule has 0 aliphatic carbocycles. The second-order valence-electron chi connectivity index (χ2n) is 6.84. The van der Waals surface area contributed by atoms with Gasteiger partial charge in [0, 0.05) is 12.1 Å². The highest BCUT2D eigenvalue weighted by molar-refractivity contribution is 6.44. The highest BCUT2D eigenvalue weighted by Crippen LogP contribution is 2.29. The fourth-order valence-corrected chi connectivity index (χ4v) is 3.07. The highest BCUT2D eigenvalue weighted by atomic mass is 35.5. The summed E-state index contributed by atoms with van der Waals surface area (Å²) in [4.78, 5) is 36.1. The topological polar surface area (TPSA) is 109 Å². The van der Waals surface area contributed by atoms with Gasteiger partial charge in [-0.1, -0.05) is 71.7 Å². The molecule has 34 heavy (non-hydrogen) atoms. The number of carbonyl (C=O) groups is 3. The Morgan fingerprint density at radius 3 is 2.41 bits per heavy atom. The van der Waals surface area contributed by atoms with Crippen LogP contribution in [0.4, 0.5) is 5.69 Å². The van der Waals surface area contributed by atoms with Gasteiger partial charge in [0.15, 0.2) is 6.61 Å². The minimum absolute atomic E-state index is 0.218. The summed E-state index contributed by atoms with van der Waals surface area (Å²) in [6.45, 7) is -0.0854. The van der Waals surface area contributed by atoms with Gasteiger partial charge in [0.2, 0.25) is 0 Å². The van der Waals surface area contributed by atoms with E-state index in [1.807, 2.05) is 30.3 Å². The molecule has 8 nitrogen and oxygen atoms in total. The zero-order chi connectivity index (χ0) is 24.3. The summed E-state index contributed by atoms with van der Waals surface area (Å²) in [6.07, 6.45) is 1.31. The maximum absolute atomic E-state index is 12.2. The van der Waals surface area contributed by atoms with Crippen molar-refractivity contribution in [2.45, 2.75) is 6.54 Å². The van der Waals surface area contributed by atoms with E-state index in [0.29, 0.717) is 22.0 Å². The summed E-state index contributed by atoms with van der Waals surface area (Å²) in [5, 5.41) is 9.47. The van der Waals surface area contributed by atoms with Gasteiger partial charge in [-0.05, 0) is 29.8 Å². The lowest BCUT2D eigenvalue weighted by atomic mass is 10.2. The fourth-order valence-electron chi connectivity index (χ4n) is 2.72. The Morgan fingerprint density at radius 1 is 0.882 bits per heavy atom. The lowest BCUT2D eigenvalue weighted by Gasteiger charge is -2.11. The maximum atomic E-state index is 12.2.